The van der Waals surface area contributed by atoms with Crippen molar-refractivity contribution >= 4 is 11.6 Å². The van der Waals surface area contributed by atoms with Crippen LogP contribution in [0.4, 0.5) is 5.69 Å². The Labute approximate surface area is 102 Å². The summed E-state index contributed by atoms with van der Waals surface area (Å²) in [4.78, 5) is 11.5. The first-order valence-corrected chi connectivity index (χ1v) is 6.04. The zero-order valence-electron chi connectivity index (χ0n) is 10.9. The Balaban J connectivity index is 2.65. The van der Waals surface area contributed by atoms with Crippen molar-refractivity contribution in [2.24, 2.45) is 0 Å². The molecule has 3 heteroatoms. The number of hydrogen-bond acceptors (Lipinski definition) is 2. The van der Waals surface area contributed by atoms with Crippen LogP contribution in [0, 0.1) is 6.92 Å². The Bertz CT molecular complexity index is 464. The number of hydrogen-bond donors (Lipinski definition) is 1. The molecule has 0 spiro atoms. The fourth-order valence-corrected chi connectivity index (χ4v) is 2.54. The SMILES string of the molecule is COc1cc(C)c2c(c1C(C)C)CCC(=O)N2. The minimum absolute atomic E-state index is 0.112. The van der Waals surface area contributed by atoms with E-state index >= 15 is 0 Å². The van der Waals surface area contributed by atoms with Gasteiger partial charge in [-0.15, -0.1) is 0 Å². The molecule has 0 bridgehead atoms. The first-order chi connectivity index (χ1) is 8.04. The van der Waals surface area contributed by atoms with E-state index in [4.69, 9.17) is 4.74 Å². The van der Waals surface area contributed by atoms with Gasteiger partial charge in [0.15, 0.2) is 0 Å². The minimum atomic E-state index is 0.112. The van der Waals surface area contributed by atoms with Crippen LogP contribution in [0.2, 0.25) is 0 Å². The van der Waals surface area contributed by atoms with Crippen molar-refractivity contribution in [3.8, 4) is 5.75 Å². The molecule has 0 saturated carbocycles. The highest BCUT2D eigenvalue weighted by Gasteiger charge is 2.24. The third kappa shape index (κ3) is 2.02. The highest BCUT2D eigenvalue weighted by Crippen LogP contribution is 2.39. The highest BCUT2D eigenvalue weighted by atomic mass is 16.5. The summed E-state index contributed by atoms with van der Waals surface area (Å²) in [6.07, 6.45) is 1.38. The first-order valence-electron chi connectivity index (χ1n) is 6.04. The molecule has 0 atom stereocenters. The lowest BCUT2D eigenvalue weighted by molar-refractivity contribution is -0.116. The molecule has 1 heterocycles. The number of ether oxygens (including phenoxy) is 1. The zero-order chi connectivity index (χ0) is 12.6. The predicted octanol–water partition coefficient (Wildman–Crippen LogP) is 3.01. The Kier molecular flexibility index (Phi) is 3.09. The normalized spacial score (nSPS) is 14.5. The van der Waals surface area contributed by atoms with E-state index < -0.39 is 0 Å². The van der Waals surface area contributed by atoms with Crippen LogP contribution in [0.3, 0.4) is 0 Å². The Morgan fingerprint density at radius 3 is 2.65 bits per heavy atom. The lowest BCUT2D eigenvalue weighted by Crippen LogP contribution is -2.21. The molecule has 3 nitrogen and oxygen atoms in total. The molecule has 0 aliphatic carbocycles. The van der Waals surface area contributed by atoms with Crippen molar-refractivity contribution < 1.29 is 9.53 Å². The quantitative estimate of drug-likeness (QED) is 0.852. The maximum absolute atomic E-state index is 11.5. The Morgan fingerprint density at radius 2 is 2.06 bits per heavy atom. The maximum atomic E-state index is 11.5. The van der Waals surface area contributed by atoms with Gasteiger partial charge in [-0.05, 0) is 36.5 Å². The highest BCUT2D eigenvalue weighted by molar-refractivity contribution is 5.95. The molecule has 92 valence electrons. The van der Waals surface area contributed by atoms with Crippen LogP contribution < -0.4 is 10.1 Å². The van der Waals surface area contributed by atoms with Crippen LogP contribution >= 0.6 is 0 Å². The molecule has 1 aliphatic heterocycles. The monoisotopic (exact) mass is 233 g/mol. The number of fused-ring (bicyclic) bond motifs is 1. The van der Waals surface area contributed by atoms with E-state index in [0.29, 0.717) is 12.3 Å². The molecule has 1 aromatic carbocycles. The van der Waals surface area contributed by atoms with E-state index in [-0.39, 0.29) is 5.91 Å². The number of carbonyl (C=O) groups is 1. The number of amides is 1. The zero-order valence-corrected chi connectivity index (χ0v) is 10.9. The minimum Gasteiger partial charge on any atom is -0.496 e. The number of benzene rings is 1. The average molecular weight is 233 g/mol. The maximum Gasteiger partial charge on any atom is 0.224 e. The number of aryl methyl sites for hydroxylation is 1. The number of nitrogens with one attached hydrogen (secondary N) is 1. The van der Waals surface area contributed by atoms with Gasteiger partial charge in [0.1, 0.15) is 5.75 Å². The standard InChI is InChI=1S/C14H19NO2/c1-8(2)13-10-5-6-12(16)15-14(10)9(3)7-11(13)17-4/h7-8H,5-6H2,1-4H3,(H,15,16). The van der Waals surface area contributed by atoms with E-state index in [2.05, 4.69) is 19.2 Å². The van der Waals surface area contributed by atoms with Gasteiger partial charge in [0.05, 0.1) is 7.11 Å². The summed E-state index contributed by atoms with van der Waals surface area (Å²) in [5.41, 5.74) is 4.55. The summed E-state index contributed by atoms with van der Waals surface area (Å²) in [7, 11) is 1.70. The van der Waals surface area contributed by atoms with E-state index in [0.717, 1.165) is 23.4 Å². The number of anilines is 1. The van der Waals surface area contributed by atoms with Crippen molar-refractivity contribution in [1.29, 1.82) is 0 Å². The van der Waals surface area contributed by atoms with Crippen LogP contribution in [0.25, 0.3) is 0 Å². The van der Waals surface area contributed by atoms with Gasteiger partial charge in [-0.2, -0.15) is 0 Å². The van der Waals surface area contributed by atoms with Gasteiger partial charge in [-0.25, -0.2) is 0 Å². The third-order valence-corrected chi connectivity index (χ3v) is 3.30. The van der Waals surface area contributed by atoms with E-state index in [9.17, 15) is 4.79 Å². The molecule has 1 N–H and O–H groups in total. The largest absolute Gasteiger partial charge is 0.496 e. The van der Waals surface area contributed by atoms with Gasteiger partial charge in [0.2, 0.25) is 5.91 Å². The average Bonchev–Trinajstić information content (AvgIpc) is 2.28. The summed E-state index contributed by atoms with van der Waals surface area (Å²) >= 11 is 0. The topological polar surface area (TPSA) is 38.3 Å². The van der Waals surface area contributed by atoms with Crippen LogP contribution in [-0.4, -0.2) is 13.0 Å². The number of methoxy groups -OCH3 is 1. The molecule has 1 aromatic rings. The summed E-state index contributed by atoms with van der Waals surface area (Å²) in [6.45, 7) is 6.32. The molecule has 0 unspecified atom stereocenters. The van der Waals surface area contributed by atoms with Crippen LogP contribution in [0.15, 0.2) is 6.07 Å². The molecule has 0 fully saturated rings. The Hall–Kier alpha value is -1.51. The van der Waals surface area contributed by atoms with Crippen molar-refractivity contribution in [3.63, 3.8) is 0 Å². The van der Waals surface area contributed by atoms with E-state index in [1.807, 2.05) is 13.0 Å². The van der Waals surface area contributed by atoms with Crippen LogP contribution in [0.5, 0.6) is 5.75 Å². The van der Waals surface area contributed by atoms with Crippen molar-refractivity contribution in [3.05, 3.63) is 22.8 Å². The number of rotatable bonds is 2. The molecule has 0 saturated heterocycles. The second-order valence-electron chi connectivity index (χ2n) is 4.87. The number of carbonyl (C=O) groups excluding carboxylic acids is 1. The molecular weight excluding hydrogens is 214 g/mol. The van der Waals surface area contributed by atoms with Gasteiger partial charge >= 0.3 is 0 Å². The van der Waals surface area contributed by atoms with Crippen LogP contribution in [0.1, 0.15) is 42.9 Å². The molecular formula is C14H19NO2. The smallest absolute Gasteiger partial charge is 0.224 e. The fourth-order valence-electron chi connectivity index (χ4n) is 2.54. The molecule has 0 aromatic heterocycles. The molecule has 1 amide bonds. The summed E-state index contributed by atoms with van der Waals surface area (Å²) < 4.78 is 5.47. The first kappa shape index (κ1) is 12.0. The van der Waals surface area contributed by atoms with Crippen molar-refractivity contribution in [2.75, 3.05) is 12.4 Å². The van der Waals surface area contributed by atoms with Crippen molar-refractivity contribution in [1.82, 2.24) is 0 Å². The Morgan fingerprint density at radius 1 is 1.35 bits per heavy atom. The molecule has 1 aliphatic rings. The molecule has 2 rings (SSSR count). The lowest BCUT2D eigenvalue weighted by atomic mass is 9.88. The van der Waals surface area contributed by atoms with Crippen LogP contribution in [-0.2, 0) is 11.2 Å². The second kappa shape index (κ2) is 4.40. The van der Waals surface area contributed by atoms with Gasteiger partial charge < -0.3 is 10.1 Å². The lowest BCUT2D eigenvalue weighted by Gasteiger charge is -2.25. The fraction of sp³-hybridized carbons (Fsp3) is 0.500. The van der Waals surface area contributed by atoms with E-state index in [1.54, 1.807) is 7.11 Å². The third-order valence-electron chi connectivity index (χ3n) is 3.30. The summed E-state index contributed by atoms with van der Waals surface area (Å²) in [5, 5.41) is 2.98. The molecule has 0 radical (unpaired) electrons. The summed E-state index contributed by atoms with van der Waals surface area (Å²) in [6, 6.07) is 2.01. The second-order valence-corrected chi connectivity index (χ2v) is 4.87. The van der Waals surface area contributed by atoms with Gasteiger partial charge in [-0.1, -0.05) is 13.8 Å². The summed E-state index contributed by atoms with van der Waals surface area (Å²) in [5.74, 6) is 1.45. The molecule has 17 heavy (non-hydrogen) atoms. The van der Waals surface area contributed by atoms with Gasteiger partial charge in [0.25, 0.3) is 0 Å². The van der Waals surface area contributed by atoms with Gasteiger partial charge in [0, 0.05) is 17.7 Å². The van der Waals surface area contributed by atoms with E-state index in [1.165, 1.54) is 11.1 Å². The van der Waals surface area contributed by atoms with Gasteiger partial charge in [-0.3, -0.25) is 4.79 Å². The van der Waals surface area contributed by atoms with Crippen molar-refractivity contribution in [2.45, 2.75) is 39.5 Å². The predicted molar refractivity (Wildman–Crippen MR) is 68.8 cm³/mol.